The largest absolute Gasteiger partial charge is 0.382 e. The Morgan fingerprint density at radius 1 is 1.15 bits per heavy atom. The van der Waals surface area contributed by atoms with Gasteiger partial charge < -0.3 is 5.32 Å². The van der Waals surface area contributed by atoms with Crippen LogP contribution in [0.25, 0.3) is 10.9 Å². The van der Waals surface area contributed by atoms with E-state index in [2.05, 4.69) is 42.3 Å². The first-order valence-corrected chi connectivity index (χ1v) is 7.88. The van der Waals surface area contributed by atoms with Crippen molar-refractivity contribution in [1.29, 1.82) is 0 Å². The molecule has 1 aromatic heterocycles. The molecule has 0 aliphatic heterocycles. The van der Waals surface area contributed by atoms with E-state index in [4.69, 9.17) is 0 Å². The van der Waals surface area contributed by atoms with Crippen LogP contribution >= 0.6 is 0 Å². The van der Waals surface area contributed by atoms with E-state index in [9.17, 15) is 0 Å². The number of anilines is 1. The predicted octanol–water partition coefficient (Wildman–Crippen LogP) is 4.92. The van der Waals surface area contributed by atoms with Gasteiger partial charge in [0.1, 0.15) is 0 Å². The number of pyridine rings is 1. The summed E-state index contributed by atoms with van der Waals surface area (Å²) in [5.74, 6) is 0.949. The summed E-state index contributed by atoms with van der Waals surface area (Å²) in [7, 11) is 0. The van der Waals surface area contributed by atoms with E-state index < -0.39 is 0 Å². The number of benzene rings is 1. The molecule has 0 atom stereocenters. The van der Waals surface area contributed by atoms with E-state index in [0.717, 1.165) is 11.4 Å². The number of hydrogen-bond acceptors (Lipinski definition) is 2. The van der Waals surface area contributed by atoms with Crippen molar-refractivity contribution >= 4 is 16.6 Å². The third-order valence-corrected chi connectivity index (χ3v) is 4.76. The molecule has 1 aromatic carbocycles. The van der Waals surface area contributed by atoms with Gasteiger partial charge >= 0.3 is 0 Å². The highest BCUT2D eigenvalue weighted by atomic mass is 14.9. The summed E-state index contributed by atoms with van der Waals surface area (Å²) in [4.78, 5) is 4.52. The third-order valence-electron chi connectivity index (χ3n) is 4.76. The number of nitrogens with zero attached hydrogens (tertiary/aromatic N) is 1. The highest BCUT2D eigenvalue weighted by molar-refractivity contribution is 5.93. The minimum absolute atomic E-state index is 0.629. The van der Waals surface area contributed by atoms with Gasteiger partial charge in [-0.05, 0) is 62.3 Å². The summed E-state index contributed by atoms with van der Waals surface area (Å²) < 4.78 is 0. The smallest absolute Gasteiger partial charge is 0.0751 e. The lowest BCUT2D eigenvalue weighted by Crippen LogP contribution is -2.26. The van der Waals surface area contributed by atoms with E-state index in [1.807, 2.05) is 12.3 Å². The molecule has 1 fully saturated rings. The molecule has 1 aliphatic rings. The Morgan fingerprint density at radius 3 is 2.70 bits per heavy atom. The average molecular weight is 268 g/mol. The average Bonchev–Trinajstić information content (AvgIpc) is 2.51. The summed E-state index contributed by atoms with van der Waals surface area (Å²) in [5.41, 5.74) is 3.62. The molecule has 106 valence electrons. The van der Waals surface area contributed by atoms with Crippen LogP contribution in [-0.2, 0) is 0 Å². The van der Waals surface area contributed by atoms with Crippen molar-refractivity contribution in [2.45, 2.75) is 52.0 Å². The zero-order chi connectivity index (χ0) is 13.9. The van der Waals surface area contributed by atoms with E-state index in [0.29, 0.717) is 6.04 Å². The molecule has 1 aliphatic carbocycles. The Kier molecular flexibility index (Phi) is 3.90. The first-order chi connectivity index (χ1) is 9.78. The van der Waals surface area contributed by atoms with Crippen molar-refractivity contribution in [2.75, 3.05) is 5.32 Å². The second kappa shape index (κ2) is 5.82. The van der Waals surface area contributed by atoms with Crippen LogP contribution in [0.5, 0.6) is 0 Å². The van der Waals surface area contributed by atoms with Crippen LogP contribution < -0.4 is 5.32 Å². The number of fused-ring (bicyclic) bond motifs is 1. The van der Waals surface area contributed by atoms with Crippen molar-refractivity contribution in [3.63, 3.8) is 0 Å². The maximum absolute atomic E-state index is 4.52. The Bertz CT molecular complexity index is 583. The van der Waals surface area contributed by atoms with Crippen molar-refractivity contribution < 1.29 is 0 Å². The number of nitrogens with one attached hydrogen (secondary N) is 1. The molecular weight excluding hydrogens is 244 g/mol. The zero-order valence-corrected chi connectivity index (χ0v) is 12.5. The fraction of sp³-hybridized carbons (Fsp3) is 0.500. The second-order valence-electron chi connectivity index (χ2n) is 6.10. The van der Waals surface area contributed by atoms with Crippen LogP contribution in [0.1, 0.15) is 44.6 Å². The monoisotopic (exact) mass is 268 g/mol. The summed E-state index contributed by atoms with van der Waals surface area (Å²) in [6, 6.07) is 9.22. The molecule has 0 saturated heterocycles. The lowest BCUT2D eigenvalue weighted by molar-refractivity contribution is 0.330. The van der Waals surface area contributed by atoms with Crippen molar-refractivity contribution in [1.82, 2.24) is 4.98 Å². The van der Waals surface area contributed by atoms with Gasteiger partial charge in [-0.1, -0.05) is 19.4 Å². The predicted molar refractivity (Wildman–Crippen MR) is 86.1 cm³/mol. The Balaban J connectivity index is 1.80. The van der Waals surface area contributed by atoms with Crippen LogP contribution in [0.2, 0.25) is 0 Å². The first-order valence-electron chi connectivity index (χ1n) is 7.88. The van der Waals surface area contributed by atoms with E-state index in [1.165, 1.54) is 48.7 Å². The Labute approximate surface area is 121 Å². The van der Waals surface area contributed by atoms with Crippen molar-refractivity contribution in [2.24, 2.45) is 5.92 Å². The molecular formula is C18H24N2. The number of rotatable bonds is 3. The van der Waals surface area contributed by atoms with Gasteiger partial charge in [0.05, 0.1) is 5.52 Å². The van der Waals surface area contributed by atoms with E-state index in [1.54, 1.807) is 0 Å². The van der Waals surface area contributed by atoms with Crippen molar-refractivity contribution in [3.05, 3.63) is 36.0 Å². The molecule has 1 heterocycles. The summed E-state index contributed by atoms with van der Waals surface area (Å²) in [6.45, 7) is 4.45. The zero-order valence-electron chi connectivity index (χ0n) is 12.5. The lowest BCUT2D eigenvalue weighted by atomic mass is 9.84. The van der Waals surface area contributed by atoms with Gasteiger partial charge in [-0.3, -0.25) is 4.98 Å². The highest BCUT2D eigenvalue weighted by Crippen LogP contribution is 2.31. The standard InChI is InChI=1S/C18H24N2/c1-3-14-7-9-15(10-8-14)20-17-11-6-13(2)18-16(17)5-4-12-19-18/h4-6,11-12,14-15,20H,3,7-10H2,1-2H3. The number of aryl methyl sites for hydroxylation is 1. The van der Waals surface area contributed by atoms with Crippen LogP contribution in [-0.4, -0.2) is 11.0 Å². The molecule has 20 heavy (non-hydrogen) atoms. The van der Waals surface area contributed by atoms with Gasteiger partial charge in [-0.15, -0.1) is 0 Å². The molecule has 0 amide bonds. The molecule has 3 rings (SSSR count). The topological polar surface area (TPSA) is 24.9 Å². The van der Waals surface area contributed by atoms with Gasteiger partial charge in [-0.2, -0.15) is 0 Å². The van der Waals surface area contributed by atoms with Gasteiger partial charge in [0.15, 0.2) is 0 Å². The SMILES string of the molecule is CCC1CCC(Nc2ccc(C)c3ncccc23)CC1. The molecule has 0 bridgehead atoms. The molecule has 2 heteroatoms. The lowest BCUT2D eigenvalue weighted by Gasteiger charge is -2.29. The minimum atomic E-state index is 0.629. The molecule has 0 unspecified atom stereocenters. The normalized spacial score (nSPS) is 22.9. The van der Waals surface area contributed by atoms with Crippen LogP contribution in [0.15, 0.2) is 30.5 Å². The van der Waals surface area contributed by atoms with Gasteiger partial charge in [0.2, 0.25) is 0 Å². The van der Waals surface area contributed by atoms with E-state index >= 15 is 0 Å². The maximum atomic E-state index is 4.52. The van der Waals surface area contributed by atoms with Crippen LogP contribution in [0.3, 0.4) is 0 Å². The number of hydrogen-bond donors (Lipinski definition) is 1. The quantitative estimate of drug-likeness (QED) is 0.854. The fourth-order valence-electron chi connectivity index (χ4n) is 3.37. The van der Waals surface area contributed by atoms with Crippen LogP contribution in [0.4, 0.5) is 5.69 Å². The molecule has 1 saturated carbocycles. The molecule has 0 spiro atoms. The minimum Gasteiger partial charge on any atom is -0.382 e. The first kappa shape index (κ1) is 13.4. The summed E-state index contributed by atoms with van der Waals surface area (Å²) in [5, 5.41) is 5.01. The fourth-order valence-corrected chi connectivity index (χ4v) is 3.37. The summed E-state index contributed by atoms with van der Waals surface area (Å²) >= 11 is 0. The number of aromatic nitrogens is 1. The second-order valence-corrected chi connectivity index (χ2v) is 6.10. The summed E-state index contributed by atoms with van der Waals surface area (Å²) in [6.07, 6.45) is 8.56. The van der Waals surface area contributed by atoms with E-state index in [-0.39, 0.29) is 0 Å². The molecule has 2 aromatic rings. The Morgan fingerprint density at radius 2 is 1.95 bits per heavy atom. The Hall–Kier alpha value is -1.57. The molecule has 1 N–H and O–H groups in total. The highest BCUT2D eigenvalue weighted by Gasteiger charge is 2.20. The van der Waals surface area contributed by atoms with Crippen LogP contribution in [0, 0.1) is 12.8 Å². The van der Waals surface area contributed by atoms with Gasteiger partial charge in [-0.25, -0.2) is 0 Å². The molecule has 0 radical (unpaired) electrons. The van der Waals surface area contributed by atoms with Crippen molar-refractivity contribution in [3.8, 4) is 0 Å². The molecule has 2 nitrogen and oxygen atoms in total. The maximum Gasteiger partial charge on any atom is 0.0751 e. The van der Waals surface area contributed by atoms with Gasteiger partial charge in [0.25, 0.3) is 0 Å². The third kappa shape index (κ3) is 2.65. The van der Waals surface area contributed by atoms with Gasteiger partial charge in [0, 0.05) is 23.3 Å².